The molecule has 1 aromatic carbocycles. The third-order valence-corrected chi connectivity index (χ3v) is 2.87. The Morgan fingerprint density at radius 3 is 2.80 bits per heavy atom. The van der Waals surface area contributed by atoms with Crippen molar-refractivity contribution in [1.29, 1.82) is 0 Å². The lowest BCUT2D eigenvalue weighted by molar-refractivity contribution is 0.230. The molecule has 0 saturated heterocycles. The average molecular weight is 271 g/mol. The highest BCUT2D eigenvalue weighted by molar-refractivity contribution is 5.67. The van der Waals surface area contributed by atoms with E-state index in [-0.39, 0.29) is 6.10 Å². The van der Waals surface area contributed by atoms with Crippen LogP contribution < -0.4 is 15.8 Å². The number of hydrogen-bond donors (Lipinski definition) is 2. The summed E-state index contributed by atoms with van der Waals surface area (Å²) in [4.78, 5) is 4.27. The predicted molar refractivity (Wildman–Crippen MR) is 82.9 cm³/mol. The zero-order chi connectivity index (χ0) is 14.5. The van der Waals surface area contributed by atoms with Gasteiger partial charge in [0.05, 0.1) is 17.5 Å². The lowest BCUT2D eigenvalue weighted by Gasteiger charge is -2.14. The number of nitrogens with zero attached hydrogens (tertiary/aromatic N) is 1. The quantitative estimate of drug-likeness (QED) is 0.818. The number of aromatic nitrogens is 1. The molecular weight excluding hydrogens is 250 g/mol. The molecule has 0 atom stereocenters. The molecule has 0 spiro atoms. The van der Waals surface area contributed by atoms with Crippen molar-refractivity contribution < 1.29 is 4.74 Å². The molecule has 3 N–H and O–H groups in total. The first-order valence-electron chi connectivity index (χ1n) is 6.77. The zero-order valence-corrected chi connectivity index (χ0v) is 12.2. The van der Waals surface area contributed by atoms with Gasteiger partial charge in [0.2, 0.25) is 5.88 Å². The number of nitrogens with one attached hydrogen (secondary N) is 1. The molecular formula is C16H21N3O. The molecule has 0 aliphatic rings. The molecule has 0 aliphatic carbocycles. The second-order valence-corrected chi connectivity index (χ2v) is 5.08. The summed E-state index contributed by atoms with van der Waals surface area (Å²) in [6, 6.07) is 9.89. The van der Waals surface area contributed by atoms with Crippen LogP contribution in [0.2, 0.25) is 0 Å². The van der Waals surface area contributed by atoms with E-state index in [0.717, 1.165) is 22.5 Å². The summed E-state index contributed by atoms with van der Waals surface area (Å²) in [7, 11) is 0. The molecule has 1 aromatic heterocycles. The Morgan fingerprint density at radius 2 is 2.10 bits per heavy atom. The average Bonchev–Trinajstić information content (AvgIpc) is 2.39. The van der Waals surface area contributed by atoms with Gasteiger partial charge in [0.25, 0.3) is 0 Å². The van der Waals surface area contributed by atoms with E-state index >= 15 is 0 Å². The van der Waals surface area contributed by atoms with Gasteiger partial charge in [0.15, 0.2) is 0 Å². The Labute approximate surface area is 120 Å². The lowest BCUT2D eigenvalue weighted by atomic mass is 10.2. The number of aryl methyl sites for hydroxylation is 1. The Kier molecular flexibility index (Phi) is 4.45. The first-order chi connectivity index (χ1) is 9.56. The third-order valence-electron chi connectivity index (χ3n) is 2.87. The van der Waals surface area contributed by atoms with Crippen LogP contribution in [0, 0.1) is 6.92 Å². The standard InChI is InChI=1S/C16H21N3O/c1-11(2)20-16-13(5-4-8-18-16)10-19-15-7-6-12(3)9-14(15)17/h4-9,11,19H,10,17H2,1-3H3. The number of rotatable bonds is 5. The van der Waals surface area contributed by atoms with Crippen molar-refractivity contribution in [2.45, 2.75) is 33.4 Å². The number of ether oxygens (including phenoxy) is 1. The molecule has 0 radical (unpaired) electrons. The summed E-state index contributed by atoms with van der Waals surface area (Å²) in [6.07, 6.45) is 1.84. The molecule has 0 amide bonds. The zero-order valence-electron chi connectivity index (χ0n) is 12.2. The van der Waals surface area contributed by atoms with Gasteiger partial charge >= 0.3 is 0 Å². The van der Waals surface area contributed by atoms with Crippen LogP contribution in [0.4, 0.5) is 11.4 Å². The van der Waals surface area contributed by atoms with E-state index < -0.39 is 0 Å². The molecule has 1 heterocycles. The molecule has 0 unspecified atom stereocenters. The monoisotopic (exact) mass is 271 g/mol. The van der Waals surface area contributed by atoms with Gasteiger partial charge in [-0.3, -0.25) is 0 Å². The maximum Gasteiger partial charge on any atom is 0.218 e. The van der Waals surface area contributed by atoms with Crippen LogP contribution in [0.25, 0.3) is 0 Å². The van der Waals surface area contributed by atoms with Gasteiger partial charge in [-0.15, -0.1) is 0 Å². The van der Waals surface area contributed by atoms with Crippen LogP contribution >= 0.6 is 0 Å². The van der Waals surface area contributed by atoms with E-state index in [2.05, 4.69) is 10.3 Å². The minimum Gasteiger partial charge on any atom is -0.475 e. The fraction of sp³-hybridized carbons (Fsp3) is 0.312. The van der Waals surface area contributed by atoms with Crippen LogP contribution in [0.5, 0.6) is 5.88 Å². The van der Waals surface area contributed by atoms with Crippen molar-refractivity contribution in [3.05, 3.63) is 47.7 Å². The Morgan fingerprint density at radius 1 is 1.30 bits per heavy atom. The molecule has 0 bridgehead atoms. The number of nitrogens with two attached hydrogens (primary N) is 1. The molecule has 0 saturated carbocycles. The highest BCUT2D eigenvalue weighted by Gasteiger charge is 2.07. The maximum atomic E-state index is 5.99. The number of pyridine rings is 1. The topological polar surface area (TPSA) is 60.2 Å². The van der Waals surface area contributed by atoms with Crippen molar-refractivity contribution in [2.24, 2.45) is 0 Å². The predicted octanol–water partition coefficient (Wildman–Crippen LogP) is 3.37. The number of nitrogen functional groups attached to an aromatic ring is 1. The fourth-order valence-corrected chi connectivity index (χ4v) is 1.92. The van der Waals surface area contributed by atoms with Crippen molar-refractivity contribution in [3.8, 4) is 5.88 Å². The summed E-state index contributed by atoms with van der Waals surface area (Å²) in [6.45, 7) is 6.63. The molecule has 0 fully saturated rings. The third kappa shape index (κ3) is 3.63. The summed E-state index contributed by atoms with van der Waals surface area (Å²) in [5.74, 6) is 0.667. The summed E-state index contributed by atoms with van der Waals surface area (Å²) in [5, 5.41) is 3.33. The van der Waals surface area contributed by atoms with Crippen molar-refractivity contribution >= 4 is 11.4 Å². The van der Waals surface area contributed by atoms with Gasteiger partial charge in [-0.25, -0.2) is 4.98 Å². The molecule has 20 heavy (non-hydrogen) atoms. The Hall–Kier alpha value is -2.23. The van der Waals surface area contributed by atoms with Gasteiger partial charge in [0, 0.05) is 18.3 Å². The first kappa shape index (κ1) is 14.2. The highest BCUT2D eigenvalue weighted by Crippen LogP contribution is 2.22. The largest absolute Gasteiger partial charge is 0.475 e. The highest BCUT2D eigenvalue weighted by atomic mass is 16.5. The number of benzene rings is 1. The first-order valence-corrected chi connectivity index (χ1v) is 6.77. The SMILES string of the molecule is Cc1ccc(NCc2cccnc2OC(C)C)c(N)c1. The van der Waals surface area contributed by atoms with Gasteiger partial charge in [0.1, 0.15) is 0 Å². The smallest absolute Gasteiger partial charge is 0.218 e. The normalized spacial score (nSPS) is 10.6. The van der Waals surface area contributed by atoms with Crippen LogP contribution in [-0.4, -0.2) is 11.1 Å². The van der Waals surface area contributed by atoms with Crippen LogP contribution in [0.3, 0.4) is 0 Å². The van der Waals surface area contributed by atoms with E-state index in [1.165, 1.54) is 0 Å². The number of anilines is 2. The molecule has 0 aliphatic heterocycles. The molecule has 2 rings (SSSR count). The summed E-state index contributed by atoms with van der Waals surface area (Å²) < 4.78 is 5.70. The van der Waals surface area contributed by atoms with Gasteiger partial charge in [-0.1, -0.05) is 12.1 Å². The molecule has 4 nitrogen and oxygen atoms in total. The summed E-state index contributed by atoms with van der Waals surface area (Å²) in [5.41, 5.74) is 9.84. The van der Waals surface area contributed by atoms with Crippen LogP contribution in [0.1, 0.15) is 25.0 Å². The van der Waals surface area contributed by atoms with E-state index in [9.17, 15) is 0 Å². The van der Waals surface area contributed by atoms with E-state index in [0.29, 0.717) is 12.4 Å². The van der Waals surface area contributed by atoms with E-state index in [4.69, 9.17) is 10.5 Å². The van der Waals surface area contributed by atoms with Gasteiger partial charge < -0.3 is 15.8 Å². The van der Waals surface area contributed by atoms with Crippen molar-refractivity contribution in [2.75, 3.05) is 11.1 Å². The minimum absolute atomic E-state index is 0.105. The Bertz CT molecular complexity index is 582. The second kappa shape index (κ2) is 6.28. The van der Waals surface area contributed by atoms with E-state index in [1.807, 2.05) is 51.1 Å². The molecule has 106 valence electrons. The van der Waals surface area contributed by atoms with Crippen LogP contribution in [-0.2, 0) is 6.54 Å². The van der Waals surface area contributed by atoms with E-state index in [1.54, 1.807) is 6.20 Å². The lowest BCUT2D eigenvalue weighted by Crippen LogP contribution is -2.11. The fourth-order valence-electron chi connectivity index (χ4n) is 1.92. The van der Waals surface area contributed by atoms with Gasteiger partial charge in [-0.05, 0) is 44.5 Å². The van der Waals surface area contributed by atoms with Crippen molar-refractivity contribution in [3.63, 3.8) is 0 Å². The van der Waals surface area contributed by atoms with Crippen LogP contribution in [0.15, 0.2) is 36.5 Å². The number of hydrogen-bond acceptors (Lipinski definition) is 4. The van der Waals surface area contributed by atoms with Gasteiger partial charge in [-0.2, -0.15) is 0 Å². The molecule has 2 aromatic rings. The van der Waals surface area contributed by atoms with Crippen molar-refractivity contribution in [1.82, 2.24) is 4.98 Å². The Balaban J connectivity index is 2.10. The minimum atomic E-state index is 0.105. The molecule has 4 heteroatoms. The summed E-state index contributed by atoms with van der Waals surface area (Å²) >= 11 is 0. The maximum absolute atomic E-state index is 5.99. The second-order valence-electron chi connectivity index (χ2n) is 5.08.